The zero-order valence-electron chi connectivity index (χ0n) is 13.8. The van der Waals surface area contributed by atoms with Crippen molar-refractivity contribution in [2.24, 2.45) is 0 Å². The normalized spacial score (nSPS) is 14.2. The quantitative estimate of drug-likeness (QED) is 0.486. The number of carbonyl (C=O) groups is 2. The van der Waals surface area contributed by atoms with Crippen molar-refractivity contribution in [3.8, 4) is 11.7 Å². The lowest BCUT2D eigenvalue weighted by atomic mass is 10.1. The van der Waals surface area contributed by atoms with E-state index in [-0.39, 0.29) is 23.3 Å². The molecule has 0 radical (unpaired) electrons. The fraction of sp³-hybridized carbons (Fsp3) is 0.222. The van der Waals surface area contributed by atoms with Gasteiger partial charge in [-0.15, -0.1) is 10.2 Å². The second-order valence-corrected chi connectivity index (χ2v) is 6.69. The molecule has 2 aromatic heterocycles. The van der Waals surface area contributed by atoms with Gasteiger partial charge in [0.2, 0.25) is 5.91 Å². The third-order valence-electron chi connectivity index (χ3n) is 4.02. The van der Waals surface area contributed by atoms with Gasteiger partial charge in [-0.25, -0.2) is 0 Å². The lowest BCUT2D eigenvalue weighted by molar-refractivity contribution is -0.117. The molecule has 3 heterocycles. The number of carbonyl (C=O) groups excluding carboxylic acids is 2. The number of ketones is 1. The molecule has 0 N–H and O–H groups in total. The summed E-state index contributed by atoms with van der Waals surface area (Å²) >= 11 is 1.17. The molecular weight excluding hydrogens is 354 g/mol. The molecule has 7 nitrogen and oxygen atoms in total. The van der Waals surface area contributed by atoms with Crippen LogP contribution in [0.2, 0.25) is 0 Å². The maximum absolute atomic E-state index is 12.5. The molecule has 26 heavy (non-hydrogen) atoms. The third kappa shape index (κ3) is 3.41. The van der Waals surface area contributed by atoms with Crippen LogP contribution in [-0.2, 0) is 4.79 Å². The van der Waals surface area contributed by atoms with Crippen LogP contribution >= 0.6 is 11.8 Å². The number of hydrogen-bond acceptors (Lipinski definition) is 7. The van der Waals surface area contributed by atoms with Crippen LogP contribution in [0, 0.1) is 0 Å². The van der Waals surface area contributed by atoms with Crippen molar-refractivity contribution in [2.75, 3.05) is 17.2 Å². The predicted octanol–water partition coefficient (Wildman–Crippen LogP) is 3.43. The van der Waals surface area contributed by atoms with Crippen LogP contribution < -0.4 is 4.90 Å². The number of rotatable bonds is 6. The number of aromatic nitrogens is 2. The molecule has 0 unspecified atom stereocenters. The summed E-state index contributed by atoms with van der Waals surface area (Å²) in [6, 6.07) is 10.6. The average molecular weight is 369 g/mol. The number of hydrogen-bond donors (Lipinski definition) is 0. The Bertz CT molecular complexity index is 936. The van der Waals surface area contributed by atoms with Crippen molar-refractivity contribution in [1.82, 2.24) is 10.2 Å². The summed E-state index contributed by atoms with van der Waals surface area (Å²) in [6.07, 6.45) is 2.93. The number of nitrogens with zero attached hydrogens (tertiary/aromatic N) is 3. The molecule has 4 rings (SSSR count). The Kier molecular flexibility index (Phi) is 4.57. The van der Waals surface area contributed by atoms with Gasteiger partial charge in [0.05, 0.1) is 12.0 Å². The van der Waals surface area contributed by atoms with Crippen LogP contribution in [0.5, 0.6) is 0 Å². The first-order chi connectivity index (χ1) is 12.7. The smallest absolute Gasteiger partial charge is 0.284 e. The van der Waals surface area contributed by atoms with Gasteiger partial charge >= 0.3 is 0 Å². The molecule has 132 valence electrons. The highest BCUT2D eigenvalue weighted by molar-refractivity contribution is 7.99. The number of Topliss-reactive ketones (excluding diaryl/α,β-unsaturated/α-hetero) is 1. The van der Waals surface area contributed by atoms with E-state index >= 15 is 0 Å². The van der Waals surface area contributed by atoms with Crippen molar-refractivity contribution >= 4 is 29.1 Å². The summed E-state index contributed by atoms with van der Waals surface area (Å²) in [5.74, 6) is 0.955. The van der Waals surface area contributed by atoms with Gasteiger partial charge in [0.1, 0.15) is 0 Å². The highest BCUT2D eigenvalue weighted by Gasteiger charge is 2.22. The first-order valence-electron chi connectivity index (χ1n) is 8.14. The fourth-order valence-electron chi connectivity index (χ4n) is 2.75. The van der Waals surface area contributed by atoms with E-state index in [1.54, 1.807) is 35.2 Å². The summed E-state index contributed by atoms with van der Waals surface area (Å²) in [4.78, 5) is 26.1. The number of anilines is 1. The van der Waals surface area contributed by atoms with Crippen molar-refractivity contribution in [3.05, 3.63) is 48.2 Å². The van der Waals surface area contributed by atoms with Gasteiger partial charge in [-0.1, -0.05) is 23.9 Å². The maximum atomic E-state index is 12.5. The summed E-state index contributed by atoms with van der Waals surface area (Å²) in [5, 5.41) is 8.11. The van der Waals surface area contributed by atoms with E-state index in [1.807, 2.05) is 6.07 Å². The molecule has 3 aromatic rings. The minimum atomic E-state index is -0.0683. The second-order valence-electron chi connectivity index (χ2n) is 5.76. The highest BCUT2D eigenvalue weighted by atomic mass is 32.2. The molecule has 0 saturated carbocycles. The molecular formula is C18H15N3O4S. The Hall–Kier alpha value is -2.87. The van der Waals surface area contributed by atoms with Gasteiger partial charge in [0.25, 0.3) is 11.1 Å². The molecule has 0 aliphatic carbocycles. The van der Waals surface area contributed by atoms with Crippen LogP contribution in [0.15, 0.2) is 56.7 Å². The van der Waals surface area contributed by atoms with Crippen molar-refractivity contribution in [1.29, 1.82) is 0 Å². The van der Waals surface area contributed by atoms with E-state index in [4.69, 9.17) is 8.83 Å². The highest BCUT2D eigenvalue weighted by Crippen LogP contribution is 2.26. The van der Waals surface area contributed by atoms with Gasteiger partial charge in [0.15, 0.2) is 11.5 Å². The van der Waals surface area contributed by atoms with Gasteiger partial charge < -0.3 is 13.7 Å². The summed E-state index contributed by atoms with van der Waals surface area (Å²) in [7, 11) is 0. The topological polar surface area (TPSA) is 89.4 Å². The Morgan fingerprint density at radius 1 is 1.23 bits per heavy atom. The summed E-state index contributed by atoms with van der Waals surface area (Å²) < 4.78 is 10.7. The van der Waals surface area contributed by atoms with Crippen LogP contribution in [0.4, 0.5) is 5.69 Å². The third-order valence-corrected chi connectivity index (χ3v) is 4.84. The first kappa shape index (κ1) is 16.6. The summed E-state index contributed by atoms with van der Waals surface area (Å²) in [5.41, 5.74) is 1.32. The Labute approximate surface area is 153 Å². The van der Waals surface area contributed by atoms with Gasteiger partial charge in [-0.05, 0) is 30.7 Å². The molecule has 1 aromatic carbocycles. The molecule has 0 atom stereocenters. The molecule has 8 heteroatoms. The minimum absolute atomic E-state index is 0.0683. The molecule has 0 spiro atoms. The van der Waals surface area contributed by atoms with Gasteiger partial charge in [-0.2, -0.15) is 0 Å². The zero-order valence-corrected chi connectivity index (χ0v) is 14.6. The molecule has 1 aliphatic heterocycles. The van der Waals surface area contributed by atoms with Crippen LogP contribution in [0.25, 0.3) is 11.7 Å². The van der Waals surface area contributed by atoms with Gasteiger partial charge in [0, 0.05) is 24.2 Å². The molecule has 0 bridgehead atoms. The predicted molar refractivity (Wildman–Crippen MR) is 95.1 cm³/mol. The number of amides is 1. The van der Waals surface area contributed by atoms with Gasteiger partial charge in [-0.3, -0.25) is 9.59 Å². The SMILES string of the molecule is O=C(CSc1nnc(-c2ccco2)o1)c1cccc(N2CCCC2=O)c1. The summed E-state index contributed by atoms with van der Waals surface area (Å²) in [6.45, 7) is 0.697. The monoisotopic (exact) mass is 369 g/mol. The van der Waals surface area contributed by atoms with E-state index in [0.717, 1.165) is 12.1 Å². The van der Waals surface area contributed by atoms with E-state index in [0.29, 0.717) is 29.5 Å². The standard InChI is InChI=1S/C18H15N3O4S/c22-14(11-26-18-20-19-17(25-18)15-6-3-9-24-15)12-4-1-5-13(10-12)21-8-2-7-16(21)23/h1,3-6,9-10H,2,7-8,11H2. The van der Waals surface area contributed by atoms with Crippen LogP contribution in [0.1, 0.15) is 23.2 Å². The molecule has 1 aliphatic rings. The van der Waals surface area contributed by atoms with Crippen molar-refractivity contribution in [3.63, 3.8) is 0 Å². The Morgan fingerprint density at radius 3 is 2.92 bits per heavy atom. The molecule has 1 amide bonds. The van der Waals surface area contributed by atoms with E-state index in [9.17, 15) is 9.59 Å². The number of furan rings is 1. The molecule has 1 saturated heterocycles. The largest absolute Gasteiger partial charge is 0.459 e. The van der Waals surface area contributed by atoms with E-state index in [2.05, 4.69) is 10.2 Å². The number of benzene rings is 1. The lowest BCUT2D eigenvalue weighted by Crippen LogP contribution is -2.23. The second kappa shape index (κ2) is 7.17. The number of thioether (sulfide) groups is 1. The van der Waals surface area contributed by atoms with E-state index in [1.165, 1.54) is 18.0 Å². The Balaban J connectivity index is 1.41. The van der Waals surface area contributed by atoms with E-state index < -0.39 is 0 Å². The van der Waals surface area contributed by atoms with Crippen LogP contribution in [0.3, 0.4) is 0 Å². The first-order valence-corrected chi connectivity index (χ1v) is 9.13. The maximum Gasteiger partial charge on any atom is 0.284 e. The fourth-order valence-corrected chi connectivity index (χ4v) is 3.40. The van der Waals surface area contributed by atoms with Crippen molar-refractivity contribution in [2.45, 2.75) is 18.1 Å². The zero-order chi connectivity index (χ0) is 17.9. The van der Waals surface area contributed by atoms with Crippen LogP contribution in [-0.4, -0.2) is 34.2 Å². The molecule has 1 fully saturated rings. The minimum Gasteiger partial charge on any atom is -0.459 e. The lowest BCUT2D eigenvalue weighted by Gasteiger charge is -2.16. The Morgan fingerprint density at radius 2 is 2.15 bits per heavy atom. The van der Waals surface area contributed by atoms with Crippen molar-refractivity contribution < 1.29 is 18.4 Å². The average Bonchev–Trinajstić information content (AvgIpc) is 3.40.